The number of azo groups is 1. The highest BCUT2D eigenvalue weighted by molar-refractivity contribution is 5.75. The van der Waals surface area contributed by atoms with Gasteiger partial charge in [0.2, 0.25) is 0 Å². The Hall–Kier alpha value is -4.32. The Kier molecular flexibility index (Phi) is 11.0. The van der Waals surface area contributed by atoms with Gasteiger partial charge < -0.3 is 25.2 Å². The van der Waals surface area contributed by atoms with Crippen LogP contribution >= 0.6 is 0 Å². The molecular formula is C24H29N5O7. The molecule has 1 atom stereocenters. The summed E-state index contributed by atoms with van der Waals surface area (Å²) in [4.78, 5) is 34.2. The Bertz CT molecular complexity index is 1070. The molecule has 0 bridgehead atoms. The molecular weight excluding hydrogens is 470 g/mol. The Labute approximate surface area is 208 Å². The first kappa shape index (κ1) is 27.9. The van der Waals surface area contributed by atoms with E-state index in [1.165, 1.54) is 24.3 Å². The van der Waals surface area contributed by atoms with Gasteiger partial charge in [0.05, 0.1) is 29.5 Å². The number of hydrogen-bond donors (Lipinski definition) is 3. The standard InChI is InChI=1S/C24H29N5O7/c1-3-28(14-15-36-16-17(2)25-22(24(32)33)12-13-23(30)31)20-8-4-18(5-9-20)26-27-19-6-10-21(11-7-19)29(34)35/h4-11,22,25H,2-3,12-16H2,1H3,(H,30,31)(H,32,33). The van der Waals surface area contributed by atoms with Gasteiger partial charge in [0.15, 0.2) is 0 Å². The lowest BCUT2D eigenvalue weighted by atomic mass is 10.1. The quantitative estimate of drug-likeness (QED) is 0.132. The third-order valence-corrected chi connectivity index (χ3v) is 5.04. The topological polar surface area (TPSA) is 167 Å². The number of anilines is 1. The molecule has 192 valence electrons. The van der Waals surface area contributed by atoms with Crippen molar-refractivity contribution in [3.05, 3.63) is 70.9 Å². The van der Waals surface area contributed by atoms with Gasteiger partial charge in [-0.1, -0.05) is 6.58 Å². The highest BCUT2D eigenvalue weighted by Crippen LogP contribution is 2.23. The number of nitrogens with one attached hydrogen (secondary N) is 1. The molecule has 2 rings (SSSR count). The number of likely N-dealkylation sites (N-methyl/N-ethyl adjacent to an activating group) is 1. The Balaban J connectivity index is 1.81. The molecule has 3 N–H and O–H groups in total. The van der Waals surface area contributed by atoms with Gasteiger partial charge in [-0.05, 0) is 49.7 Å². The number of carboxylic acid groups (broad SMARTS) is 2. The van der Waals surface area contributed by atoms with Gasteiger partial charge in [-0.25, -0.2) is 4.79 Å². The van der Waals surface area contributed by atoms with Crippen LogP contribution in [0.2, 0.25) is 0 Å². The first-order valence-electron chi connectivity index (χ1n) is 11.2. The fraction of sp³-hybridized carbons (Fsp3) is 0.333. The summed E-state index contributed by atoms with van der Waals surface area (Å²) in [6.07, 6.45) is -0.322. The summed E-state index contributed by atoms with van der Waals surface area (Å²) >= 11 is 0. The average Bonchev–Trinajstić information content (AvgIpc) is 2.85. The Morgan fingerprint density at radius 1 is 1.11 bits per heavy atom. The summed E-state index contributed by atoms with van der Waals surface area (Å²) in [5.41, 5.74) is 2.43. The molecule has 0 aliphatic heterocycles. The molecule has 0 fully saturated rings. The minimum absolute atomic E-state index is 0.0114. The van der Waals surface area contributed by atoms with Crippen LogP contribution in [-0.4, -0.2) is 59.4 Å². The Morgan fingerprint density at radius 3 is 2.19 bits per heavy atom. The largest absolute Gasteiger partial charge is 0.481 e. The summed E-state index contributed by atoms with van der Waals surface area (Å²) in [5, 5.41) is 39.6. The number of nitro benzene ring substituents is 1. The highest BCUT2D eigenvalue weighted by Gasteiger charge is 2.18. The van der Waals surface area contributed by atoms with Crippen LogP contribution < -0.4 is 10.2 Å². The van der Waals surface area contributed by atoms with Gasteiger partial charge in [-0.2, -0.15) is 10.2 Å². The van der Waals surface area contributed by atoms with Crippen LogP contribution in [0, 0.1) is 10.1 Å². The van der Waals surface area contributed by atoms with E-state index in [4.69, 9.17) is 9.84 Å². The summed E-state index contributed by atoms with van der Waals surface area (Å²) in [7, 11) is 0. The maximum atomic E-state index is 11.3. The zero-order valence-corrected chi connectivity index (χ0v) is 19.9. The molecule has 0 spiro atoms. The number of carboxylic acids is 2. The van der Waals surface area contributed by atoms with Gasteiger partial charge in [0.1, 0.15) is 6.04 Å². The average molecular weight is 500 g/mol. The number of rotatable bonds is 16. The molecule has 0 aliphatic rings. The zero-order valence-electron chi connectivity index (χ0n) is 19.9. The molecule has 0 saturated carbocycles. The van der Waals surface area contributed by atoms with E-state index in [2.05, 4.69) is 27.0 Å². The number of aliphatic carboxylic acids is 2. The molecule has 36 heavy (non-hydrogen) atoms. The number of non-ortho nitro benzene ring substituents is 1. The fourth-order valence-corrected chi connectivity index (χ4v) is 3.14. The van der Waals surface area contributed by atoms with Gasteiger partial charge in [-0.15, -0.1) is 0 Å². The molecule has 1 unspecified atom stereocenters. The summed E-state index contributed by atoms with van der Waals surface area (Å²) in [6, 6.07) is 12.2. The van der Waals surface area contributed by atoms with Gasteiger partial charge in [-0.3, -0.25) is 14.9 Å². The first-order valence-corrected chi connectivity index (χ1v) is 11.2. The van der Waals surface area contributed by atoms with E-state index in [1.54, 1.807) is 0 Å². The van der Waals surface area contributed by atoms with Crippen molar-refractivity contribution >= 4 is 34.7 Å². The normalized spacial score (nSPS) is 11.7. The summed E-state index contributed by atoms with van der Waals surface area (Å²) in [6.45, 7) is 7.51. The minimum Gasteiger partial charge on any atom is -0.481 e. The molecule has 2 aromatic rings. The summed E-state index contributed by atoms with van der Waals surface area (Å²) in [5.74, 6) is -2.21. The van der Waals surface area contributed by atoms with E-state index >= 15 is 0 Å². The lowest BCUT2D eigenvalue weighted by molar-refractivity contribution is -0.384. The lowest BCUT2D eigenvalue weighted by Crippen LogP contribution is -2.37. The predicted molar refractivity (Wildman–Crippen MR) is 133 cm³/mol. The second kappa shape index (κ2) is 14.2. The van der Waals surface area contributed by atoms with Gasteiger partial charge in [0.25, 0.3) is 5.69 Å². The van der Waals surface area contributed by atoms with E-state index in [-0.39, 0.29) is 25.1 Å². The number of nitro groups is 1. The van der Waals surface area contributed by atoms with Crippen LogP contribution in [0.15, 0.2) is 71.0 Å². The van der Waals surface area contributed by atoms with Crippen LogP contribution in [0.4, 0.5) is 22.7 Å². The molecule has 12 nitrogen and oxygen atoms in total. The van der Waals surface area contributed by atoms with Crippen molar-refractivity contribution in [1.82, 2.24) is 5.32 Å². The number of carbonyl (C=O) groups is 2. The molecule has 0 amide bonds. The zero-order chi connectivity index (χ0) is 26.5. The molecule has 0 aliphatic carbocycles. The van der Waals surface area contributed by atoms with Crippen LogP contribution in [0.3, 0.4) is 0 Å². The SMILES string of the molecule is C=C(COCCN(CC)c1ccc(N=Nc2ccc([N+](=O)[O-])cc2)cc1)NC(CCC(=O)O)C(=O)O. The van der Waals surface area contributed by atoms with Crippen molar-refractivity contribution in [2.75, 3.05) is 31.2 Å². The number of benzene rings is 2. The molecule has 0 heterocycles. The van der Waals surface area contributed by atoms with E-state index in [9.17, 15) is 24.8 Å². The van der Waals surface area contributed by atoms with E-state index < -0.39 is 22.9 Å². The fourth-order valence-electron chi connectivity index (χ4n) is 3.14. The van der Waals surface area contributed by atoms with Crippen LogP contribution in [0.1, 0.15) is 19.8 Å². The molecule has 12 heteroatoms. The smallest absolute Gasteiger partial charge is 0.326 e. The third kappa shape index (κ3) is 9.50. The molecule has 0 saturated heterocycles. The Morgan fingerprint density at radius 2 is 1.69 bits per heavy atom. The second-order valence-corrected chi connectivity index (χ2v) is 7.69. The van der Waals surface area contributed by atoms with Crippen molar-refractivity contribution < 1.29 is 29.5 Å². The minimum atomic E-state index is -1.15. The van der Waals surface area contributed by atoms with Crippen molar-refractivity contribution in [2.24, 2.45) is 10.2 Å². The molecule has 0 aromatic heterocycles. The van der Waals surface area contributed by atoms with E-state index in [0.717, 1.165) is 12.2 Å². The maximum Gasteiger partial charge on any atom is 0.326 e. The van der Waals surface area contributed by atoms with Crippen molar-refractivity contribution in [3.63, 3.8) is 0 Å². The molecule has 0 radical (unpaired) electrons. The third-order valence-electron chi connectivity index (χ3n) is 5.04. The van der Waals surface area contributed by atoms with Crippen molar-refractivity contribution in [3.8, 4) is 0 Å². The van der Waals surface area contributed by atoms with Crippen LogP contribution in [0.25, 0.3) is 0 Å². The number of ether oxygens (including phenoxy) is 1. The van der Waals surface area contributed by atoms with E-state index in [0.29, 0.717) is 30.2 Å². The first-order chi connectivity index (χ1) is 17.2. The number of hydrogen-bond acceptors (Lipinski definition) is 9. The predicted octanol–water partition coefficient (Wildman–Crippen LogP) is 4.27. The highest BCUT2D eigenvalue weighted by atomic mass is 16.6. The molecule has 2 aromatic carbocycles. The van der Waals surface area contributed by atoms with Crippen LogP contribution in [0.5, 0.6) is 0 Å². The van der Waals surface area contributed by atoms with Crippen LogP contribution in [-0.2, 0) is 14.3 Å². The van der Waals surface area contributed by atoms with Gasteiger partial charge >= 0.3 is 11.9 Å². The summed E-state index contributed by atoms with van der Waals surface area (Å²) < 4.78 is 5.60. The maximum absolute atomic E-state index is 11.3. The monoisotopic (exact) mass is 499 g/mol. The van der Waals surface area contributed by atoms with Crippen molar-refractivity contribution in [1.29, 1.82) is 0 Å². The van der Waals surface area contributed by atoms with E-state index in [1.807, 2.05) is 31.2 Å². The number of nitrogens with zero attached hydrogens (tertiary/aromatic N) is 4. The van der Waals surface area contributed by atoms with Crippen molar-refractivity contribution in [2.45, 2.75) is 25.8 Å². The van der Waals surface area contributed by atoms with Gasteiger partial charge in [0, 0.05) is 43.0 Å². The second-order valence-electron chi connectivity index (χ2n) is 7.69. The lowest BCUT2D eigenvalue weighted by Gasteiger charge is -2.23.